The minimum Gasteiger partial charge on any atom is -0.504 e. The highest BCUT2D eigenvalue weighted by molar-refractivity contribution is 9.10. The molecule has 3 nitrogen and oxygen atoms in total. The van der Waals surface area contributed by atoms with Gasteiger partial charge in [0, 0.05) is 29.1 Å². The molecule has 0 unspecified atom stereocenters. The lowest BCUT2D eigenvalue weighted by molar-refractivity contribution is 0.259. The Morgan fingerprint density at radius 3 is 2.25 bits per heavy atom. The van der Waals surface area contributed by atoms with Crippen LogP contribution in [0.5, 0.6) is 11.5 Å². The Balaban J connectivity index is 1.74. The first kappa shape index (κ1) is 20.7. The molecule has 0 atom stereocenters. The van der Waals surface area contributed by atoms with E-state index in [0.29, 0.717) is 5.75 Å². The zero-order chi connectivity index (χ0) is 19.9. The van der Waals surface area contributed by atoms with Gasteiger partial charge < -0.3 is 9.84 Å². The van der Waals surface area contributed by atoms with Gasteiger partial charge in [-0.15, -0.1) is 0 Å². The number of hydrogen-bond donors (Lipinski definition) is 1. The fourth-order valence-corrected chi connectivity index (χ4v) is 3.62. The summed E-state index contributed by atoms with van der Waals surface area (Å²) in [5.74, 6) is 0.649. The Morgan fingerprint density at radius 1 is 0.929 bits per heavy atom. The zero-order valence-corrected chi connectivity index (χ0v) is 18.1. The first-order chi connectivity index (χ1) is 13.5. The van der Waals surface area contributed by atoms with Crippen LogP contribution in [0.4, 0.5) is 0 Å². The normalized spacial score (nSPS) is 11.0. The van der Waals surface area contributed by atoms with E-state index in [2.05, 4.69) is 51.2 Å². The van der Waals surface area contributed by atoms with Gasteiger partial charge in [0.05, 0.1) is 7.11 Å². The van der Waals surface area contributed by atoms with Crippen molar-refractivity contribution in [2.45, 2.75) is 19.5 Å². The summed E-state index contributed by atoms with van der Waals surface area (Å²) < 4.78 is 6.23. The van der Waals surface area contributed by atoms with Crippen LogP contribution in [0.2, 0.25) is 5.02 Å². The summed E-state index contributed by atoms with van der Waals surface area (Å²) in [6.07, 6.45) is 0.940. The summed E-state index contributed by atoms with van der Waals surface area (Å²) in [6, 6.07) is 21.9. The topological polar surface area (TPSA) is 32.7 Å². The number of benzene rings is 3. The van der Waals surface area contributed by atoms with Gasteiger partial charge in [-0.1, -0.05) is 57.9 Å². The molecular formula is C23H23BrClNO2. The monoisotopic (exact) mass is 459 g/mol. The van der Waals surface area contributed by atoms with Gasteiger partial charge in [0.1, 0.15) is 0 Å². The Kier molecular flexibility index (Phi) is 7.37. The maximum atomic E-state index is 10.1. The Labute approximate surface area is 179 Å². The van der Waals surface area contributed by atoms with Crippen LogP contribution in [0.25, 0.3) is 0 Å². The number of ether oxygens (including phenoxy) is 1. The maximum Gasteiger partial charge on any atom is 0.160 e. The molecule has 0 spiro atoms. The predicted octanol–water partition coefficient (Wildman–Crippen LogP) is 6.06. The van der Waals surface area contributed by atoms with Gasteiger partial charge >= 0.3 is 0 Å². The van der Waals surface area contributed by atoms with E-state index >= 15 is 0 Å². The van der Waals surface area contributed by atoms with E-state index in [1.807, 2.05) is 24.3 Å². The first-order valence-corrected chi connectivity index (χ1v) is 10.3. The van der Waals surface area contributed by atoms with Crippen LogP contribution < -0.4 is 4.74 Å². The average Bonchev–Trinajstić information content (AvgIpc) is 2.67. The number of phenolic OH excluding ortho intramolecular Hbond substituents is 1. The van der Waals surface area contributed by atoms with Crippen LogP contribution in [0.3, 0.4) is 0 Å². The molecule has 0 saturated heterocycles. The molecule has 0 aromatic heterocycles. The number of hydrogen-bond acceptors (Lipinski definition) is 3. The van der Waals surface area contributed by atoms with Crippen LogP contribution >= 0.6 is 27.5 Å². The van der Waals surface area contributed by atoms with Crippen LogP contribution in [0.15, 0.2) is 71.2 Å². The van der Waals surface area contributed by atoms with E-state index in [-0.39, 0.29) is 5.75 Å². The molecule has 0 saturated carbocycles. The quantitative estimate of drug-likeness (QED) is 0.443. The number of nitrogens with zero attached hydrogens (tertiary/aromatic N) is 1. The number of aromatic hydroxyl groups is 1. The molecule has 146 valence electrons. The molecule has 3 aromatic carbocycles. The predicted molar refractivity (Wildman–Crippen MR) is 118 cm³/mol. The van der Waals surface area contributed by atoms with Gasteiger partial charge in [-0.2, -0.15) is 0 Å². The van der Waals surface area contributed by atoms with Gasteiger partial charge in [0.25, 0.3) is 0 Å². The third-order valence-corrected chi connectivity index (χ3v) is 5.34. The molecule has 0 aliphatic heterocycles. The largest absolute Gasteiger partial charge is 0.504 e. The molecule has 0 heterocycles. The molecule has 0 aliphatic rings. The molecule has 0 fully saturated rings. The molecule has 1 N–H and O–H groups in total. The number of halogens is 2. The molecular weight excluding hydrogens is 438 g/mol. The van der Waals surface area contributed by atoms with Crippen molar-refractivity contribution in [2.24, 2.45) is 0 Å². The van der Waals surface area contributed by atoms with Gasteiger partial charge in [-0.25, -0.2) is 0 Å². The Hall–Kier alpha value is -2.01. The molecule has 28 heavy (non-hydrogen) atoms. The highest BCUT2D eigenvalue weighted by atomic mass is 79.9. The molecule has 3 aromatic rings. The van der Waals surface area contributed by atoms with Crippen LogP contribution in [-0.2, 0) is 19.5 Å². The summed E-state index contributed by atoms with van der Waals surface area (Å²) in [7, 11) is 1.55. The second-order valence-electron chi connectivity index (χ2n) is 6.72. The molecule has 3 rings (SSSR count). The summed E-state index contributed by atoms with van der Waals surface area (Å²) in [5.41, 5.74) is 3.49. The third kappa shape index (κ3) is 5.99. The van der Waals surface area contributed by atoms with Crippen molar-refractivity contribution in [3.05, 3.63) is 92.9 Å². The van der Waals surface area contributed by atoms with E-state index in [1.54, 1.807) is 19.2 Å². The van der Waals surface area contributed by atoms with Crippen LogP contribution in [0.1, 0.15) is 16.7 Å². The van der Waals surface area contributed by atoms with Crippen molar-refractivity contribution < 1.29 is 9.84 Å². The van der Waals surface area contributed by atoms with Crippen molar-refractivity contribution in [3.63, 3.8) is 0 Å². The Morgan fingerprint density at radius 2 is 1.61 bits per heavy atom. The van der Waals surface area contributed by atoms with Gasteiger partial charge in [0.2, 0.25) is 0 Å². The van der Waals surface area contributed by atoms with Crippen LogP contribution in [-0.4, -0.2) is 23.7 Å². The minimum atomic E-state index is 0.163. The second kappa shape index (κ2) is 9.97. The number of phenols is 1. The fraction of sp³-hybridized carbons (Fsp3) is 0.217. The fourth-order valence-electron chi connectivity index (χ4n) is 3.14. The van der Waals surface area contributed by atoms with E-state index in [4.69, 9.17) is 16.3 Å². The van der Waals surface area contributed by atoms with Gasteiger partial charge in [-0.05, 0) is 59.5 Å². The smallest absolute Gasteiger partial charge is 0.160 e. The summed E-state index contributed by atoms with van der Waals surface area (Å²) in [5, 5.41) is 10.8. The highest BCUT2D eigenvalue weighted by Crippen LogP contribution is 2.27. The molecule has 0 aliphatic carbocycles. The first-order valence-electron chi connectivity index (χ1n) is 9.10. The maximum absolute atomic E-state index is 10.1. The standard InChI is InChI=1S/C23H23BrClNO2/c1-28-23-10-7-19(14-22(23)27)16-26(15-18-3-2-4-21(25)13-18)12-11-17-5-8-20(24)9-6-17/h2-10,13-14,27H,11-12,15-16H2,1H3. The molecule has 0 radical (unpaired) electrons. The Bertz CT molecular complexity index is 915. The van der Waals surface area contributed by atoms with Crippen LogP contribution in [0, 0.1) is 0 Å². The van der Waals surface area contributed by atoms with E-state index in [1.165, 1.54) is 11.1 Å². The molecule has 5 heteroatoms. The van der Waals surface area contributed by atoms with E-state index < -0.39 is 0 Å². The second-order valence-corrected chi connectivity index (χ2v) is 8.08. The van der Waals surface area contributed by atoms with Crippen molar-refractivity contribution >= 4 is 27.5 Å². The summed E-state index contributed by atoms with van der Waals surface area (Å²) in [6.45, 7) is 2.39. The van der Waals surface area contributed by atoms with Crippen molar-refractivity contribution in [1.29, 1.82) is 0 Å². The number of methoxy groups -OCH3 is 1. The van der Waals surface area contributed by atoms with Crippen molar-refractivity contribution in [1.82, 2.24) is 4.90 Å². The lowest BCUT2D eigenvalue weighted by atomic mass is 10.1. The lowest BCUT2D eigenvalue weighted by Crippen LogP contribution is -2.25. The minimum absolute atomic E-state index is 0.163. The van der Waals surface area contributed by atoms with E-state index in [9.17, 15) is 5.11 Å². The highest BCUT2D eigenvalue weighted by Gasteiger charge is 2.10. The van der Waals surface area contributed by atoms with Crippen molar-refractivity contribution in [2.75, 3.05) is 13.7 Å². The average molecular weight is 461 g/mol. The zero-order valence-electron chi connectivity index (χ0n) is 15.7. The van der Waals surface area contributed by atoms with E-state index in [0.717, 1.165) is 41.1 Å². The summed E-state index contributed by atoms with van der Waals surface area (Å²) >= 11 is 9.64. The SMILES string of the molecule is COc1ccc(CN(CCc2ccc(Br)cc2)Cc2cccc(Cl)c2)cc1O. The third-order valence-electron chi connectivity index (χ3n) is 4.57. The summed E-state index contributed by atoms with van der Waals surface area (Å²) in [4.78, 5) is 2.36. The molecule has 0 bridgehead atoms. The van der Waals surface area contributed by atoms with Gasteiger partial charge in [-0.3, -0.25) is 4.90 Å². The lowest BCUT2D eigenvalue weighted by Gasteiger charge is -2.23. The molecule has 0 amide bonds. The van der Waals surface area contributed by atoms with Gasteiger partial charge in [0.15, 0.2) is 11.5 Å². The van der Waals surface area contributed by atoms with Crippen molar-refractivity contribution in [3.8, 4) is 11.5 Å². The number of rotatable bonds is 8.